The van der Waals surface area contributed by atoms with Gasteiger partial charge in [0.15, 0.2) is 13.2 Å². The molecular formula is C17H21BrClNO4. The molecule has 1 aliphatic rings. The van der Waals surface area contributed by atoms with Crippen LogP contribution < -0.4 is 10.1 Å². The minimum Gasteiger partial charge on any atom is -0.481 e. The maximum Gasteiger partial charge on any atom is 0.344 e. The maximum atomic E-state index is 11.8. The minimum absolute atomic E-state index is 0.189. The monoisotopic (exact) mass is 417 g/mol. The van der Waals surface area contributed by atoms with Crippen LogP contribution in [0.4, 0.5) is 0 Å². The highest BCUT2D eigenvalue weighted by Crippen LogP contribution is 2.28. The molecule has 0 heterocycles. The molecule has 1 aliphatic carbocycles. The number of ether oxygens (including phenoxy) is 2. The van der Waals surface area contributed by atoms with Crippen molar-refractivity contribution in [2.75, 3.05) is 13.2 Å². The number of hydrogen-bond acceptors (Lipinski definition) is 4. The molecule has 0 atom stereocenters. The van der Waals surface area contributed by atoms with Gasteiger partial charge in [-0.15, -0.1) is 0 Å². The zero-order valence-electron chi connectivity index (χ0n) is 13.5. The second-order valence-corrected chi connectivity index (χ2v) is 7.34. The van der Waals surface area contributed by atoms with Crippen molar-refractivity contribution in [2.24, 2.45) is 5.92 Å². The molecule has 1 amide bonds. The molecule has 5 nitrogen and oxygen atoms in total. The third-order valence-electron chi connectivity index (χ3n) is 3.98. The second-order valence-electron chi connectivity index (χ2n) is 6.05. The number of nitrogens with one attached hydrogen (secondary N) is 1. The van der Waals surface area contributed by atoms with Crippen LogP contribution in [0.2, 0.25) is 5.02 Å². The van der Waals surface area contributed by atoms with Crippen molar-refractivity contribution in [3.63, 3.8) is 0 Å². The van der Waals surface area contributed by atoms with E-state index >= 15 is 0 Å². The van der Waals surface area contributed by atoms with Crippen LogP contribution in [0.15, 0.2) is 22.7 Å². The molecule has 7 heteroatoms. The smallest absolute Gasteiger partial charge is 0.344 e. The van der Waals surface area contributed by atoms with Crippen molar-refractivity contribution in [3.8, 4) is 5.75 Å². The van der Waals surface area contributed by atoms with Gasteiger partial charge in [-0.3, -0.25) is 4.79 Å². The van der Waals surface area contributed by atoms with Gasteiger partial charge in [0.2, 0.25) is 0 Å². The number of carbonyl (C=O) groups is 2. The molecular weight excluding hydrogens is 398 g/mol. The summed E-state index contributed by atoms with van der Waals surface area (Å²) < 4.78 is 10.9. The Hall–Kier alpha value is -1.27. The van der Waals surface area contributed by atoms with Crippen LogP contribution in [0.3, 0.4) is 0 Å². The van der Waals surface area contributed by atoms with Gasteiger partial charge < -0.3 is 14.8 Å². The molecule has 0 aliphatic heterocycles. The van der Waals surface area contributed by atoms with E-state index in [4.69, 9.17) is 21.1 Å². The molecule has 0 unspecified atom stereocenters. The lowest BCUT2D eigenvalue weighted by molar-refractivity contribution is -0.150. The van der Waals surface area contributed by atoms with Crippen molar-refractivity contribution >= 4 is 39.4 Å². The highest BCUT2D eigenvalue weighted by atomic mass is 79.9. The first kappa shape index (κ1) is 19.1. The first-order chi connectivity index (χ1) is 11.4. The Bertz CT molecular complexity index is 588. The predicted octanol–water partition coefficient (Wildman–Crippen LogP) is 3.72. The van der Waals surface area contributed by atoms with Crippen molar-refractivity contribution in [1.29, 1.82) is 0 Å². The van der Waals surface area contributed by atoms with Crippen molar-refractivity contribution in [1.82, 2.24) is 5.32 Å². The summed E-state index contributed by atoms with van der Waals surface area (Å²) in [4.78, 5) is 23.5. The molecule has 0 bridgehead atoms. The molecule has 1 fully saturated rings. The lowest BCUT2D eigenvalue weighted by Gasteiger charge is -2.26. The van der Waals surface area contributed by atoms with Crippen LogP contribution in [0.5, 0.6) is 5.75 Å². The van der Waals surface area contributed by atoms with Crippen LogP contribution >= 0.6 is 27.5 Å². The second kappa shape index (κ2) is 9.28. The average molecular weight is 419 g/mol. The quantitative estimate of drug-likeness (QED) is 0.715. The van der Waals surface area contributed by atoms with Crippen LogP contribution in [-0.2, 0) is 14.3 Å². The van der Waals surface area contributed by atoms with Crippen molar-refractivity contribution < 1.29 is 19.1 Å². The highest BCUT2D eigenvalue weighted by Gasteiger charge is 2.20. The molecule has 1 aromatic rings. The van der Waals surface area contributed by atoms with Crippen LogP contribution in [-0.4, -0.2) is 31.1 Å². The molecule has 1 N–H and O–H groups in total. The lowest BCUT2D eigenvalue weighted by Crippen LogP contribution is -2.39. The fourth-order valence-electron chi connectivity index (χ4n) is 2.59. The van der Waals surface area contributed by atoms with Gasteiger partial charge >= 0.3 is 5.97 Å². The molecule has 24 heavy (non-hydrogen) atoms. The Morgan fingerprint density at radius 2 is 1.96 bits per heavy atom. The average Bonchev–Trinajstić information content (AvgIpc) is 2.54. The molecule has 0 saturated heterocycles. The van der Waals surface area contributed by atoms with E-state index < -0.39 is 5.97 Å². The summed E-state index contributed by atoms with van der Waals surface area (Å²) in [6.07, 6.45) is 4.20. The number of benzene rings is 1. The van der Waals surface area contributed by atoms with E-state index in [2.05, 4.69) is 28.2 Å². The molecule has 1 aromatic carbocycles. The van der Waals surface area contributed by atoms with Gasteiger partial charge in [0.05, 0.1) is 4.47 Å². The number of esters is 1. The number of carbonyl (C=O) groups excluding carboxylic acids is 2. The van der Waals surface area contributed by atoms with E-state index in [0.29, 0.717) is 15.2 Å². The van der Waals surface area contributed by atoms with Crippen molar-refractivity contribution in [2.45, 2.75) is 38.6 Å². The standard InChI is InChI=1S/C17H21BrClNO4/c1-11-2-5-13(6-3-11)20-16(21)9-24-17(22)10-23-15-7-4-12(19)8-14(15)18/h4,7-8,11,13H,2-3,5-6,9-10H2,1H3,(H,20,21). The maximum absolute atomic E-state index is 11.8. The van der Waals surface area contributed by atoms with Gasteiger partial charge in [0, 0.05) is 11.1 Å². The zero-order valence-corrected chi connectivity index (χ0v) is 15.9. The Morgan fingerprint density at radius 3 is 2.62 bits per heavy atom. The van der Waals surface area contributed by atoms with E-state index in [1.807, 2.05) is 0 Å². The molecule has 132 valence electrons. The third-order valence-corrected chi connectivity index (χ3v) is 4.84. The number of hydrogen-bond donors (Lipinski definition) is 1. The van der Waals surface area contributed by atoms with Gasteiger partial charge in [0.1, 0.15) is 5.75 Å². The van der Waals surface area contributed by atoms with E-state index in [1.54, 1.807) is 18.2 Å². The number of rotatable bonds is 6. The molecule has 0 radical (unpaired) electrons. The zero-order chi connectivity index (χ0) is 17.5. The lowest BCUT2D eigenvalue weighted by atomic mass is 9.87. The van der Waals surface area contributed by atoms with Gasteiger partial charge in [-0.2, -0.15) is 0 Å². The van der Waals surface area contributed by atoms with Crippen LogP contribution in [0.1, 0.15) is 32.6 Å². The molecule has 2 rings (SSSR count). The topological polar surface area (TPSA) is 64.6 Å². The third kappa shape index (κ3) is 6.32. The summed E-state index contributed by atoms with van der Waals surface area (Å²) >= 11 is 9.12. The van der Waals surface area contributed by atoms with E-state index in [-0.39, 0.29) is 25.2 Å². The Balaban J connectivity index is 1.66. The van der Waals surface area contributed by atoms with Gasteiger partial charge in [0.25, 0.3) is 5.91 Å². The predicted molar refractivity (Wildman–Crippen MR) is 95.2 cm³/mol. The summed E-state index contributed by atoms with van der Waals surface area (Å²) in [6, 6.07) is 5.16. The van der Waals surface area contributed by atoms with E-state index in [0.717, 1.165) is 31.6 Å². The normalized spacial score (nSPS) is 20.3. The number of amides is 1. The SMILES string of the molecule is CC1CCC(NC(=O)COC(=O)COc2ccc(Cl)cc2Br)CC1. The Labute approximate surface area is 155 Å². The van der Waals surface area contributed by atoms with E-state index in [1.165, 1.54) is 0 Å². The first-order valence-electron chi connectivity index (χ1n) is 7.97. The summed E-state index contributed by atoms with van der Waals surface area (Å²) in [5.74, 6) is 0.345. The highest BCUT2D eigenvalue weighted by molar-refractivity contribution is 9.10. The molecule has 1 saturated carbocycles. The largest absolute Gasteiger partial charge is 0.481 e. The first-order valence-corrected chi connectivity index (χ1v) is 9.14. The van der Waals surface area contributed by atoms with Crippen molar-refractivity contribution in [3.05, 3.63) is 27.7 Å². The van der Waals surface area contributed by atoms with Crippen LogP contribution in [0.25, 0.3) is 0 Å². The van der Waals surface area contributed by atoms with Gasteiger partial charge in [-0.1, -0.05) is 18.5 Å². The minimum atomic E-state index is -0.593. The summed E-state index contributed by atoms with van der Waals surface area (Å²) in [6.45, 7) is 1.67. The molecule has 0 spiro atoms. The summed E-state index contributed by atoms with van der Waals surface area (Å²) in [5, 5.41) is 3.47. The van der Waals surface area contributed by atoms with Crippen LogP contribution in [0, 0.1) is 5.92 Å². The fourth-order valence-corrected chi connectivity index (χ4v) is 3.39. The van der Waals surface area contributed by atoms with Gasteiger partial charge in [-0.25, -0.2) is 4.79 Å². The Kier molecular flexibility index (Phi) is 7.37. The summed E-state index contributed by atoms with van der Waals surface area (Å²) in [7, 11) is 0. The van der Waals surface area contributed by atoms with E-state index in [9.17, 15) is 9.59 Å². The summed E-state index contributed by atoms with van der Waals surface area (Å²) in [5.41, 5.74) is 0. The Morgan fingerprint density at radius 1 is 1.25 bits per heavy atom. The molecule has 0 aromatic heterocycles. The van der Waals surface area contributed by atoms with Gasteiger partial charge in [-0.05, 0) is 65.7 Å². The fraction of sp³-hybridized carbons (Fsp3) is 0.529. The number of halogens is 2.